The molecule has 1 aromatic carbocycles. The summed E-state index contributed by atoms with van der Waals surface area (Å²) in [4.78, 5) is 3.91. The first-order valence-corrected chi connectivity index (χ1v) is 4.47. The summed E-state index contributed by atoms with van der Waals surface area (Å²) in [6.07, 6.45) is 1.62. The second-order valence-electron chi connectivity index (χ2n) is 2.69. The number of anilines is 1. The molecule has 66 valence electrons. The molecular weight excluding hydrogens is 235 g/mol. The zero-order valence-corrected chi connectivity index (χ0v) is 8.18. The topological polar surface area (TPSA) is 38.9 Å². The Labute approximate surface area is 82.7 Å². The van der Waals surface area contributed by atoms with Gasteiger partial charge in [-0.3, -0.25) is 0 Å². The fourth-order valence-corrected chi connectivity index (χ4v) is 1.65. The zero-order valence-electron chi connectivity index (χ0n) is 6.59. The normalized spacial score (nSPS) is 10.6. The Hall–Kier alpha value is -1.16. The third-order valence-electron chi connectivity index (χ3n) is 1.81. The first-order chi connectivity index (χ1) is 6.18. The molecule has 0 amide bonds. The number of halogens is 2. The highest BCUT2D eigenvalue weighted by Gasteiger charge is 2.04. The van der Waals surface area contributed by atoms with Gasteiger partial charge < -0.3 is 5.73 Å². The molecule has 4 heteroatoms. The Morgan fingerprint density at radius 3 is 2.92 bits per heavy atom. The van der Waals surface area contributed by atoms with Gasteiger partial charge in [-0.2, -0.15) is 0 Å². The molecule has 0 radical (unpaired) electrons. The molecule has 1 heterocycles. The fourth-order valence-electron chi connectivity index (χ4n) is 1.17. The summed E-state index contributed by atoms with van der Waals surface area (Å²) in [7, 11) is 0. The molecule has 2 rings (SSSR count). The van der Waals surface area contributed by atoms with Gasteiger partial charge in [0, 0.05) is 17.0 Å². The van der Waals surface area contributed by atoms with Crippen molar-refractivity contribution in [2.24, 2.45) is 0 Å². The van der Waals surface area contributed by atoms with Gasteiger partial charge in [-0.05, 0) is 34.1 Å². The van der Waals surface area contributed by atoms with Gasteiger partial charge in [0.1, 0.15) is 11.6 Å². The van der Waals surface area contributed by atoms with E-state index in [1.165, 1.54) is 6.07 Å². The molecule has 0 bridgehead atoms. The van der Waals surface area contributed by atoms with Gasteiger partial charge in [-0.25, -0.2) is 9.37 Å². The summed E-state index contributed by atoms with van der Waals surface area (Å²) in [5.74, 6) is 0.0944. The Kier molecular flexibility index (Phi) is 1.92. The molecule has 0 unspecified atom stereocenters. The molecule has 0 fully saturated rings. The van der Waals surface area contributed by atoms with Crippen molar-refractivity contribution in [2.75, 3.05) is 5.73 Å². The van der Waals surface area contributed by atoms with E-state index in [2.05, 4.69) is 20.9 Å². The number of nitrogens with zero attached hydrogens (tertiary/aromatic N) is 1. The van der Waals surface area contributed by atoms with Crippen LogP contribution in [0.25, 0.3) is 10.8 Å². The number of pyridine rings is 1. The number of aromatic nitrogens is 1. The van der Waals surface area contributed by atoms with Crippen molar-refractivity contribution >= 4 is 32.5 Å². The summed E-state index contributed by atoms with van der Waals surface area (Å²) >= 11 is 3.16. The number of hydrogen-bond donors (Lipinski definition) is 1. The van der Waals surface area contributed by atoms with E-state index in [4.69, 9.17) is 5.73 Å². The summed E-state index contributed by atoms with van der Waals surface area (Å²) in [6, 6.07) is 4.70. The highest BCUT2D eigenvalue weighted by Crippen LogP contribution is 2.27. The van der Waals surface area contributed by atoms with Gasteiger partial charge in [0.05, 0.1) is 4.47 Å². The zero-order chi connectivity index (χ0) is 9.42. The van der Waals surface area contributed by atoms with E-state index in [0.717, 1.165) is 10.8 Å². The van der Waals surface area contributed by atoms with E-state index in [-0.39, 0.29) is 5.82 Å². The van der Waals surface area contributed by atoms with Crippen molar-refractivity contribution in [1.29, 1.82) is 0 Å². The minimum Gasteiger partial charge on any atom is -0.384 e. The van der Waals surface area contributed by atoms with Crippen molar-refractivity contribution in [3.05, 3.63) is 34.7 Å². The Morgan fingerprint density at radius 2 is 2.15 bits per heavy atom. The van der Waals surface area contributed by atoms with Crippen LogP contribution in [0.2, 0.25) is 0 Å². The minimum atomic E-state index is -0.293. The van der Waals surface area contributed by atoms with Crippen LogP contribution in [0.5, 0.6) is 0 Å². The van der Waals surface area contributed by atoms with Gasteiger partial charge in [0.25, 0.3) is 0 Å². The van der Waals surface area contributed by atoms with Gasteiger partial charge in [-0.1, -0.05) is 0 Å². The lowest BCUT2D eigenvalue weighted by Crippen LogP contribution is -1.90. The third kappa shape index (κ3) is 1.37. The van der Waals surface area contributed by atoms with Gasteiger partial charge >= 0.3 is 0 Å². The molecule has 2 aromatic rings. The molecule has 0 aliphatic heterocycles. The highest BCUT2D eigenvalue weighted by atomic mass is 79.9. The van der Waals surface area contributed by atoms with Crippen molar-refractivity contribution < 1.29 is 4.39 Å². The highest BCUT2D eigenvalue weighted by molar-refractivity contribution is 9.10. The molecule has 0 aliphatic carbocycles. The lowest BCUT2D eigenvalue weighted by molar-refractivity contribution is 0.623. The van der Waals surface area contributed by atoms with Gasteiger partial charge in [0.15, 0.2) is 0 Å². The number of nitrogen functional groups attached to an aromatic ring is 1. The summed E-state index contributed by atoms with van der Waals surface area (Å²) in [6.45, 7) is 0. The van der Waals surface area contributed by atoms with E-state index in [9.17, 15) is 4.39 Å². The standard InChI is InChI=1S/C9H6BrFN2/c10-9-6-3-8(12)13-4-5(6)1-2-7(9)11/h1-4H,(H2,12,13). The maximum Gasteiger partial charge on any atom is 0.138 e. The van der Waals surface area contributed by atoms with Crippen molar-refractivity contribution in [2.45, 2.75) is 0 Å². The summed E-state index contributed by atoms with van der Waals surface area (Å²) in [5, 5.41) is 1.61. The average Bonchev–Trinajstić information content (AvgIpc) is 2.12. The van der Waals surface area contributed by atoms with Gasteiger partial charge in [0.2, 0.25) is 0 Å². The van der Waals surface area contributed by atoms with Crippen LogP contribution in [0, 0.1) is 5.82 Å². The smallest absolute Gasteiger partial charge is 0.138 e. The number of fused-ring (bicyclic) bond motifs is 1. The van der Waals surface area contributed by atoms with Gasteiger partial charge in [-0.15, -0.1) is 0 Å². The second kappa shape index (κ2) is 2.96. The molecule has 0 saturated carbocycles. The third-order valence-corrected chi connectivity index (χ3v) is 2.62. The van der Waals surface area contributed by atoms with E-state index in [1.54, 1.807) is 18.3 Å². The average molecular weight is 241 g/mol. The predicted octanol–water partition coefficient (Wildman–Crippen LogP) is 2.72. The van der Waals surface area contributed by atoms with Crippen LogP contribution in [0.15, 0.2) is 28.9 Å². The number of rotatable bonds is 0. The van der Waals surface area contributed by atoms with E-state index < -0.39 is 0 Å². The van der Waals surface area contributed by atoms with Crippen molar-refractivity contribution in [1.82, 2.24) is 4.98 Å². The lowest BCUT2D eigenvalue weighted by atomic mass is 10.2. The molecule has 0 saturated heterocycles. The second-order valence-corrected chi connectivity index (χ2v) is 3.48. The first kappa shape index (κ1) is 8.44. The summed E-state index contributed by atoms with van der Waals surface area (Å²) in [5.41, 5.74) is 5.49. The van der Waals surface area contributed by atoms with Crippen LogP contribution in [-0.2, 0) is 0 Å². The Balaban J connectivity index is 2.89. The Bertz CT molecular complexity index is 465. The van der Waals surface area contributed by atoms with E-state index in [0.29, 0.717) is 10.3 Å². The molecule has 0 atom stereocenters. The largest absolute Gasteiger partial charge is 0.384 e. The summed E-state index contributed by atoms with van der Waals surface area (Å²) < 4.78 is 13.5. The molecule has 2 N–H and O–H groups in total. The molecule has 1 aromatic heterocycles. The molecular formula is C9H6BrFN2. The first-order valence-electron chi connectivity index (χ1n) is 3.68. The SMILES string of the molecule is Nc1cc2c(Br)c(F)ccc2cn1. The minimum absolute atomic E-state index is 0.293. The van der Waals surface area contributed by atoms with Crippen molar-refractivity contribution in [3.63, 3.8) is 0 Å². The van der Waals surface area contributed by atoms with Crippen molar-refractivity contribution in [3.8, 4) is 0 Å². The monoisotopic (exact) mass is 240 g/mol. The predicted molar refractivity (Wildman–Crippen MR) is 53.8 cm³/mol. The maximum atomic E-state index is 13.1. The quantitative estimate of drug-likeness (QED) is 0.770. The van der Waals surface area contributed by atoms with Crippen LogP contribution in [0.1, 0.15) is 0 Å². The van der Waals surface area contributed by atoms with Crippen LogP contribution in [0.4, 0.5) is 10.2 Å². The maximum absolute atomic E-state index is 13.1. The van der Waals surface area contributed by atoms with Crippen LogP contribution in [-0.4, -0.2) is 4.98 Å². The van der Waals surface area contributed by atoms with Crippen LogP contribution < -0.4 is 5.73 Å². The molecule has 2 nitrogen and oxygen atoms in total. The molecule has 0 aliphatic rings. The van der Waals surface area contributed by atoms with E-state index >= 15 is 0 Å². The van der Waals surface area contributed by atoms with E-state index in [1.807, 2.05) is 0 Å². The number of benzene rings is 1. The molecule has 13 heavy (non-hydrogen) atoms. The fraction of sp³-hybridized carbons (Fsp3) is 0. The molecule has 0 spiro atoms. The van der Waals surface area contributed by atoms with Crippen LogP contribution >= 0.6 is 15.9 Å². The number of hydrogen-bond acceptors (Lipinski definition) is 2. The lowest BCUT2D eigenvalue weighted by Gasteiger charge is -2.01. The van der Waals surface area contributed by atoms with Crippen LogP contribution in [0.3, 0.4) is 0 Å². The number of nitrogens with two attached hydrogens (primary N) is 1. The Morgan fingerprint density at radius 1 is 1.38 bits per heavy atom.